The SMILES string of the molecule is C=C(C)/C(=C/C(=N)N1CCCCC1C)NC(CC)C(C)(C)C. The zero-order chi connectivity index (χ0) is 16.9. The van der Waals surface area contributed by atoms with E-state index in [1.807, 2.05) is 13.0 Å². The smallest absolute Gasteiger partial charge is 0.122 e. The Morgan fingerprint density at radius 1 is 1.41 bits per heavy atom. The fourth-order valence-corrected chi connectivity index (χ4v) is 3.08. The summed E-state index contributed by atoms with van der Waals surface area (Å²) >= 11 is 0. The van der Waals surface area contributed by atoms with E-state index >= 15 is 0 Å². The molecular weight excluding hydrogens is 270 g/mol. The molecule has 0 bridgehead atoms. The third-order valence-electron chi connectivity index (χ3n) is 4.64. The van der Waals surface area contributed by atoms with E-state index in [0.29, 0.717) is 17.9 Å². The summed E-state index contributed by atoms with van der Waals surface area (Å²) in [6, 6.07) is 0.843. The van der Waals surface area contributed by atoms with Gasteiger partial charge in [-0.1, -0.05) is 34.3 Å². The first-order chi connectivity index (χ1) is 10.2. The van der Waals surface area contributed by atoms with E-state index in [0.717, 1.165) is 24.2 Å². The Morgan fingerprint density at radius 3 is 2.50 bits per heavy atom. The van der Waals surface area contributed by atoms with E-state index in [9.17, 15) is 0 Å². The van der Waals surface area contributed by atoms with Gasteiger partial charge in [0.05, 0.1) is 0 Å². The molecule has 126 valence electrons. The van der Waals surface area contributed by atoms with Gasteiger partial charge in [-0.05, 0) is 50.5 Å². The van der Waals surface area contributed by atoms with Gasteiger partial charge in [0.1, 0.15) is 5.84 Å². The lowest BCUT2D eigenvalue weighted by Gasteiger charge is -2.36. The van der Waals surface area contributed by atoms with Crippen molar-refractivity contribution in [3.63, 3.8) is 0 Å². The molecule has 22 heavy (non-hydrogen) atoms. The summed E-state index contributed by atoms with van der Waals surface area (Å²) in [6.07, 6.45) is 6.68. The Kier molecular flexibility index (Phi) is 6.70. The van der Waals surface area contributed by atoms with Crippen molar-refractivity contribution in [3.8, 4) is 0 Å². The number of rotatable bonds is 5. The predicted molar refractivity (Wildman–Crippen MR) is 97.3 cm³/mol. The average molecular weight is 306 g/mol. The topological polar surface area (TPSA) is 39.1 Å². The van der Waals surface area contributed by atoms with Crippen LogP contribution in [0.25, 0.3) is 0 Å². The standard InChI is InChI=1S/C19H35N3/c1-8-17(19(5,6)7)21-16(14(2)3)13-18(20)22-12-10-9-11-15(22)4/h13,15,17,20-21H,2,8-12H2,1,3-7H3/b16-13-,20-18?. The van der Waals surface area contributed by atoms with Gasteiger partial charge in [0.2, 0.25) is 0 Å². The van der Waals surface area contributed by atoms with Crippen molar-refractivity contribution in [2.24, 2.45) is 5.41 Å². The summed E-state index contributed by atoms with van der Waals surface area (Å²) in [5.74, 6) is 0.612. The zero-order valence-electron chi connectivity index (χ0n) is 15.4. The van der Waals surface area contributed by atoms with Gasteiger partial charge >= 0.3 is 0 Å². The monoisotopic (exact) mass is 305 g/mol. The van der Waals surface area contributed by atoms with Crippen LogP contribution in [0, 0.1) is 10.8 Å². The lowest BCUT2D eigenvalue weighted by atomic mass is 9.85. The quantitative estimate of drug-likeness (QED) is 0.438. The molecule has 2 unspecified atom stereocenters. The summed E-state index contributed by atoms with van der Waals surface area (Å²) in [6.45, 7) is 18.3. The maximum Gasteiger partial charge on any atom is 0.122 e. The molecule has 0 aliphatic carbocycles. The fourth-order valence-electron chi connectivity index (χ4n) is 3.08. The minimum atomic E-state index is 0.184. The van der Waals surface area contributed by atoms with Crippen LogP contribution in [0.5, 0.6) is 0 Å². The van der Waals surface area contributed by atoms with Crippen molar-refractivity contribution < 1.29 is 0 Å². The molecule has 0 spiro atoms. The van der Waals surface area contributed by atoms with E-state index in [-0.39, 0.29) is 5.41 Å². The first-order valence-corrected chi connectivity index (χ1v) is 8.66. The van der Waals surface area contributed by atoms with E-state index in [2.05, 4.69) is 51.4 Å². The van der Waals surface area contributed by atoms with Crippen LogP contribution in [-0.2, 0) is 0 Å². The molecule has 1 fully saturated rings. The molecule has 0 aromatic carbocycles. The first-order valence-electron chi connectivity index (χ1n) is 8.66. The van der Waals surface area contributed by atoms with Gasteiger partial charge in [-0.2, -0.15) is 0 Å². The molecule has 2 atom stereocenters. The molecule has 1 rings (SSSR count). The number of hydrogen-bond acceptors (Lipinski definition) is 2. The Morgan fingerprint density at radius 2 is 2.05 bits per heavy atom. The van der Waals surface area contributed by atoms with Crippen LogP contribution in [0.15, 0.2) is 23.9 Å². The van der Waals surface area contributed by atoms with Crippen molar-refractivity contribution in [2.75, 3.05) is 6.54 Å². The van der Waals surface area contributed by atoms with Gasteiger partial charge in [0, 0.05) is 30.4 Å². The fraction of sp³-hybridized carbons (Fsp3) is 0.737. The van der Waals surface area contributed by atoms with Crippen molar-refractivity contribution in [2.45, 2.75) is 79.3 Å². The highest BCUT2D eigenvalue weighted by atomic mass is 15.2. The Balaban J connectivity index is 2.89. The average Bonchev–Trinajstić information content (AvgIpc) is 2.41. The van der Waals surface area contributed by atoms with E-state index < -0.39 is 0 Å². The van der Waals surface area contributed by atoms with Crippen molar-refractivity contribution in [3.05, 3.63) is 23.9 Å². The highest BCUT2D eigenvalue weighted by Gasteiger charge is 2.24. The third kappa shape index (κ3) is 5.19. The molecule has 0 amide bonds. The second kappa shape index (κ2) is 7.85. The van der Waals surface area contributed by atoms with Gasteiger partial charge in [0.15, 0.2) is 0 Å². The lowest BCUT2D eigenvalue weighted by Crippen LogP contribution is -2.42. The molecule has 0 radical (unpaired) electrons. The zero-order valence-corrected chi connectivity index (χ0v) is 15.4. The largest absolute Gasteiger partial charge is 0.381 e. The molecule has 1 aliphatic rings. The molecule has 1 heterocycles. The molecule has 1 aliphatic heterocycles. The van der Waals surface area contributed by atoms with Gasteiger partial charge < -0.3 is 10.2 Å². The van der Waals surface area contributed by atoms with Crippen LogP contribution in [0.1, 0.15) is 67.2 Å². The maximum atomic E-state index is 8.46. The first kappa shape index (κ1) is 18.8. The number of nitrogens with one attached hydrogen (secondary N) is 2. The van der Waals surface area contributed by atoms with Crippen LogP contribution in [0.3, 0.4) is 0 Å². The van der Waals surface area contributed by atoms with Crippen LogP contribution < -0.4 is 5.32 Å². The second-order valence-corrected chi connectivity index (χ2v) is 7.73. The molecule has 1 saturated heterocycles. The van der Waals surface area contributed by atoms with Crippen LogP contribution in [0.2, 0.25) is 0 Å². The predicted octanol–water partition coefficient (Wildman–Crippen LogP) is 4.71. The summed E-state index contributed by atoms with van der Waals surface area (Å²) < 4.78 is 0. The summed E-state index contributed by atoms with van der Waals surface area (Å²) in [5, 5.41) is 12.1. The van der Waals surface area contributed by atoms with Gasteiger partial charge in [-0.3, -0.25) is 5.41 Å². The molecular formula is C19H35N3. The normalized spacial score (nSPS) is 21.5. The maximum absolute atomic E-state index is 8.46. The summed E-state index contributed by atoms with van der Waals surface area (Å²) in [4.78, 5) is 2.21. The van der Waals surface area contributed by atoms with Gasteiger partial charge in [0.25, 0.3) is 0 Å². The molecule has 3 heteroatoms. The van der Waals surface area contributed by atoms with Crippen LogP contribution >= 0.6 is 0 Å². The van der Waals surface area contributed by atoms with Crippen LogP contribution in [-0.4, -0.2) is 29.4 Å². The Bertz CT molecular complexity index is 428. The van der Waals surface area contributed by atoms with Crippen molar-refractivity contribution >= 4 is 5.84 Å². The molecule has 3 nitrogen and oxygen atoms in total. The molecule has 2 N–H and O–H groups in total. The Hall–Kier alpha value is -1.25. The van der Waals surface area contributed by atoms with Crippen LogP contribution in [0.4, 0.5) is 0 Å². The number of likely N-dealkylation sites (tertiary alicyclic amines) is 1. The van der Waals surface area contributed by atoms with Gasteiger partial charge in [-0.25, -0.2) is 0 Å². The highest BCUT2D eigenvalue weighted by molar-refractivity contribution is 5.91. The molecule has 0 aromatic rings. The van der Waals surface area contributed by atoms with E-state index in [1.54, 1.807) is 0 Å². The minimum Gasteiger partial charge on any atom is -0.381 e. The molecule has 0 aromatic heterocycles. The third-order valence-corrected chi connectivity index (χ3v) is 4.64. The van der Waals surface area contributed by atoms with Crippen molar-refractivity contribution in [1.82, 2.24) is 10.2 Å². The van der Waals surface area contributed by atoms with Gasteiger partial charge in [-0.15, -0.1) is 0 Å². The lowest BCUT2D eigenvalue weighted by molar-refractivity contribution is 0.257. The number of hydrogen-bond donors (Lipinski definition) is 2. The Labute approximate surface area is 137 Å². The second-order valence-electron chi connectivity index (χ2n) is 7.73. The van der Waals surface area contributed by atoms with E-state index in [4.69, 9.17) is 5.41 Å². The number of piperidine rings is 1. The summed E-state index contributed by atoms with van der Waals surface area (Å²) in [7, 11) is 0. The number of amidine groups is 1. The highest BCUT2D eigenvalue weighted by Crippen LogP contribution is 2.24. The number of allylic oxidation sites excluding steroid dienone is 1. The molecule has 0 saturated carbocycles. The number of nitrogens with zero attached hydrogens (tertiary/aromatic N) is 1. The minimum absolute atomic E-state index is 0.184. The summed E-state index contributed by atoms with van der Waals surface area (Å²) in [5.41, 5.74) is 2.19. The van der Waals surface area contributed by atoms with E-state index in [1.165, 1.54) is 19.3 Å². The van der Waals surface area contributed by atoms with Crippen molar-refractivity contribution in [1.29, 1.82) is 5.41 Å².